The topological polar surface area (TPSA) is 121 Å². The Bertz CT molecular complexity index is 1760. The lowest BCUT2D eigenvalue weighted by molar-refractivity contribution is -0.485. The normalized spacial score (nSPS) is 12.7. The molecule has 0 saturated carbocycles. The second-order valence-electron chi connectivity index (χ2n) is 8.95. The number of fused-ring (bicyclic) bond motifs is 1. The smallest absolute Gasteiger partial charge is 0.327 e. The van der Waals surface area contributed by atoms with Gasteiger partial charge in [0.25, 0.3) is 11.7 Å². The molecule has 0 radical (unpaired) electrons. The number of ether oxygens (including phenoxy) is 3. The number of imidazole rings is 1. The summed E-state index contributed by atoms with van der Waals surface area (Å²) in [6, 6.07) is 24.2. The molecule has 3 aromatic carbocycles. The van der Waals surface area contributed by atoms with E-state index in [1.807, 2.05) is 68.6 Å². The maximum Gasteiger partial charge on any atom is 0.327 e. The number of aromatic nitrogens is 4. The maximum atomic E-state index is 9.49. The molecule has 0 saturated heterocycles. The van der Waals surface area contributed by atoms with Gasteiger partial charge in [-0.3, -0.25) is 9.89 Å². The van der Waals surface area contributed by atoms with Crippen molar-refractivity contribution in [2.75, 3.05) is 20.1 Å². The Kier molecular flexibility index (Phi) is 6.23. The predicted molar refractivity (Wildman–Crippen MR) is 144 cm³/mol. The number of H-pyrrole nitrogens is 1. The zero-order valence-corrected chi connectivity index (χ0v) is 21.3. The van der Waals surface area contributed by atoms with Crippen molar-refractivity contribution in [3.63, 3.8) is 0 Å². The van der Waals surface area contributed by atoms with Crippen molar-refractivity contribution in [3.05, 3.63) is 89.7 Å². The van der Waals surface area contributed by atoms with Crippen LogP contribution in [-0.2, 0) is 0 Å². The van der Waals surface area contributed by atoms with Crippen LogP contribution in [-0.4, -0.2) is 50.5 Å². The molecule has 6 rings (SSSR count). The van der Waals surface area contributed by atoms with Gasteiger partial charge in [0.2, 0.25) is 0 Å². The summed E-state index contributed by atoms with van der Waals surface area (Å²) in [7, 11) is 2.04. The van der Waals surface area contributed by atoms with E-state index in [2.05, 4.69) is 35.9 Å². The third-order valence-corrected chi connectivity index (χ3v) is 6.10. The van der Waals surface area contributed by atoms with Gasteiger partial charge in [-0.15, -0.1) is 0 Å². The molecule has 0 bridgehead atoms. The van der Waals surface area contributed by atoms with Crippen LogP contribution in [0.4, 0.5) is 0 Å². The van der Waals surface area contributed by atoms with Crippen molar-refractivity contribution in [3.8, 4) is 41.0 Å². The third-order valence-electron chi connectivity index (χ3n) is 6.10. The highest BCUT2D eigenvalue weighted by atomic mass is 16.5. The molecule has 1 aliphatic heterocycles. The lowest BCUT2D eigenvalue weighted by atomic mass is 10.2. The van der Waals surface area contributed by atoms with Crippen LogP contribution in [0.2, 0.25) is 0 Å². The number of para-hydroxylation sites is 1. The van der Waals surface area contributed by atoms with Crippen molar-refractivity contribution in [1.82, 2.24) is 25.3 Å². The number of nitriles is 1. The molecule has 10 nitrogen and oxygen atoms in total. The molecular weight excluding hydrogens is 494 g/mol. The fourth-order valence-corrected chi connectivity index (χ4v) is 4.27. The molecule has 2 N–H and O–H groups in total. The molecule has 0 atom stereocenters. The van der Waals surface area contributed by atoms with Crippen molar-refractivity contribution >= 4 is 17.0 Å². The molecule has 192 valence electrons. The molecular formula is C29H24N7O3+. The Hall–Kier alpha value is -5.43. The first-order valence-electron chi connectivity index (χ1n) is 12.4. The molecule has 0 unspecified atom stereocenters. The molecule has 3 heterocycles. The van der Waals surface area contributed by atoms with Crippen molar-refractivity contribution < 1.29 is 18.8 Å². The Balaban J connectivity index is 1.37. The van der Waals surface area contributed by atoms with Gasteiger partial charge in [0, 0.05) is 6.07 Å². The minimum atomic E-state index is 0.0702. The summed E-state index contributed by atoms with van der Waals surface area (Å²) < 4.78 is 20.5. The first-order chi connectivity index (χ1) is 19.1. The summed E-state index contributed by atoms with van der Waals surface area (Å²) in [5.41, 5.74) is 2.29. The first kappa shape index (κ1) is 23.9. The Morgan fingerprint density at radius 2 is 1.72 bits per heavy atom. The molecule has 5 aromatic rings. The van der Waals surface area contributed by atoms with Crippen LogP contribution in [0.1, 0.15) is 17.0 Å². The van der Waals surface area contributed by atoms with Crippen LogP contribution in [0.5, 0.6) is 34.9 Å². The number of benzene rings is 3. The molecule has 0 amide bonds. The number of aryl methyl sites for hydroxylation is 1. The van der Waals surface area contributed by atoms with Crippen LogP contribution in [0.15, 0.2) is 72.8 Å². The molecule has 39 heavy (non-hydrogen) atoms. The van der Waals surface area contributed by atoms with E-state index in [-0.39, 0.29) is 11.9 Å². The Morgan fingerprint density at radius 1 is 0.872 bits per heavy atom. The summed E-state index contributed by atoms with van der Waals surface area (Å²) in [4.78, 5) is 16.6. The van der Waals surface area contributed by atoms with E-state index in [9.17, 15) is 5.26 Å². The third kappa shape index (κ3) is 5.06. The van der Waals surface area contributed by atoms with Crippen molar-refractivity contribution in [1.29, 1.82) is 5.26 Å². The minimum absolute atomic E-state index is 0.0702. The van der Waals surface area contributed by atoms with Crippen LogP contribution in [0.25, 0.3) is 11.2 Å². The van der Waals surface area contributed by atoms with Crippen molar-refractivity contribution in [2.45, 2.75) is 6.92 Å². The quantitative estimate of drug-likeness (QED) is 0.292. The van der Waals surface area contributed by atoms with Gasteiger partial charge in [0.1, 0.15) is 35.9 Å². The number of rotatable bonds is 7. The number of amidine groups is 1. The molecule has 0 fully saturated rings. The van der Waals surface area contributed by atoms with Gasteiger partial charge in [-0.05, 0) is 49.4 Å². The number of nitrogens with one attached hydrogen (secondary N) is 2. The second-order valence-corrected chi connectivity index (χ2v) is 8.95. The molecule has 0 spiro atoms. The van der Waals surface area contributed by atoms with Gasteiger partial charge in [-0.25, -0.2) is 4.98 Å². The van der Waals surface area contributed by atoms with Gasteiger partial charge in [-0.2, -0.15) is 15.2 Å². The summed E-state index contributed by atoms with van der Waals surface area (Å²) in [6.07, 6.45) is 0. The number of aromatic amines is 1. The van der Waals surface area contributed by atoms with Gasteiger partial charge < -0.3 is 19.2 Å². The minimum Gasteiger partial charge on any atom is -0.453 e. The van der Waals surface area contributed by atoms with E-state index >= 15 is 0 Å². The van der Waals surface area contributed by atoms with E-state index in [1.165, 1.54) is 0 Å². The summed E-state index contributed by atoms with van der Waals surface area (Å²) in [5.74, 6) is 3.79. The highest BCUT2D eigenvalue weighted by Gasteiger charge is 2.21. The number of hydrogen-bond acceptors (Lipinski definition) is 8. The van der Waals surface area contributed by atoms with Gasteiger partial charge in [0.05, 0.1) is 24.2 Å². The van der Waals surface area contributed by atoms with E-state index in [1.54, 1.807) is 18.2 Å². The SMILES string of the molecule is Cc1nc2nc(Oc3cccc(C4=[N+](C)CCN4)c3)nc(Oc3cc(C#N)ccc3Oc3ccccc3)c2[nH]1. The first-order valence-corrected chi connectivity index (χ1v) is 12.4. The fourth-order valence-electron chi connectivity index (χ4n) is 4.27. The number of likely N-dealkylation sites (N-methyl/N-ethyl adjacent to an activating group) is 1. The zero-order chi connectivity index (χ0) is 26.8. The summed E-state index contributed by atoms with van der Waals surface area (Å²) in [6.45, 7) is 3.64. The van der Waals surface area contributed by atoms with Gasteiger partial charge >= 0.3 is 6.01 Å². The van der Waals surface area contributed by atoms with Gasteiger partial charge in [0.15, 0.2) is 17.1 Å². The van der Waals surface area contributed by atoms with E-state index in [0.29, 0.717) is 45.5 Å². The van der Waals surface area contributed by atoms with Crippen molar-refractivity contribution in [2.24, 2.45) is 0 Å². The average molecular weight is 519 g/mol. The van der Waals surface area contributed by atoms with E-state index in [0.717, 1.165) is 24.5 Å². The summed E-state index contributed by atoms with van der Waals surface area (Å²) >= 11 is 0. The summed E-state index contributed by atoms with van der Waals surface area (Å²) in [5, 5.41) is 12.9. The molecule has 2 aromatic heterocycles. The number of hydrogen-bond donors (Lipinski definition) is 2. The second kappa shape index (κ2) is 10.1. The number of nitrogens with zero attached hydrogens (tertiary/aromatic N) is 5. The maximum absolute atomic E-state index is 9.49. The van der Waals surface area contributed by atoms with Gasteiger partial charge in [-0.1, -0.05) is 24.3 Å². The van der Waals surface area contributed by atoms with Crippen LogP contribution >= 0.6 is 0 Å². The van der Waals surface area contributed by atoms with E-state index < -0.39 is 0 Å². The zero-order valence-electron chi connectivity index (χ0n) is 21.3. The Morgan fingerprint density at radius 3 is 2.51 bits per heavy atom. The fraction of sp³-hybridized carbons (Fsp3) is 0.138. The highest BCUT2D eigenvalue weighted by Crippen LogP contribution is 2.37. The monoisotopic (exact) mass is 518 g/mol. The molecule has 0 aliphatic carbocycles. The van der Waals surface area contributed by atoms with Crippen LogP contribution in [0, 0.1) is 18.3 Å². The standard InChI is InChI=1S/C29H23N7O3/c1-18-32-25-26(33-18)34-29(38-22-10-6-7-20(16-22)27-31-13-14-36(27)2)35-28(25)39-24-15-19(17-30)11-12-23(24)37-21-8-4-3-5-9-21/h3-12,15-16H,13-14H2,1-2H3,(H,32,33,34,35)/p+1. The highest BCUT2D eigenvalue weighted by molar-refractivity contribution is 5.96. The van der Waals surface area contributed by atoms with Crippen LogP contribution in [0.3, 0.4) is 0 Å². The molecule has 10 heteroatoms. The Labute approximate surface area is 224 Å². The lowest BCUT2D eigenvalue weighted by Crippen LogP contribution is -2.22. The lowest BCUT2D eigenvalue weighted by Gasteiger charge is -2.13. The average Bonchev–Trinajstić information content (AvgIpc) is 3.55. The van der Waals surface area contributed by atoms with E-state index in [4.69, 9.17) is 14.2 Å². The van der Waals surface area contributed by atoms with Crippen LogP contribution < -0.4 is 19.5 Å². The molecule has 1 aliphatic rings. The predicted octanol–water partition coefficient (Wildman–Crippen LogP) is 4.90. The largest absolute Gasteiger partial charge is 0.453 e.